The Morgan fingerprint density at radius 2 is 1.89 bits per heavy atom. The van der Waals surface area contributed by atoms with Crippen LogP contribution in [-0.2, 0) is 14.3 Å². The standard InChI is InChI=1S/C24H27F2N7O3/c25-21(26)22-28-16-4-1-2-5-17(16)33(22)20-12-19(29-24(30-20)31-7-10-35-11-8-31)27-15-13-32(14-15)23(34)18-6-3-9-36-18/h1-2,4-5,12,15,18,21H,3,6-11,13-14H2,(H,27,29,30)/t18-/m0/s1. The van der Waals surface area contributed by atoms with Crippen LogP contribution in [0.15, 0.2) is 30.3 Å². The first kappa shape index (κ1) is 23.0. The van der Waals surface area contributed by atoms with Crippen molar-refractivity contribution in [1.82, 2.24) is 24.4 Å². The number of ether oxygens (including phenoxy) is 2. The molecule has 190 valence electrons. The lowest BCUT2D eigenvalue weighted by Gasteiger charge is -2.41. The van der Waals surface area contributed by atoms with E-state index < -0.39 is 6.43 Å². The molecule has 1 amide bonds. The first-order valence-electron chi connectivity index (χ1n) is 12.2. The number of rotatable bonds is 6. The van der Waals surface area contributed by atoms with Crippen LogP contribution in [0.1, 0.15) is 25.1 Å². The Kier molecular flexibility index (Phi) is 6.13. The van der Waals surface area contributed by atoms with Crippen LogP contribution in [0.2, 0.25) is 0 Å². The van der Waals surface area contributed by atoms with Crippen LogP contribution in [0.25, 0.3) is 16.9 Å². The first-order valence-corrected chi connectivity index (χ1v) is 12.2. The molecule has 6 rings (SSSR count). The molecule has 12 heteroatoms. The Labute approximate surface area is 206 Å². The van der Waals surface area contributed by atoms with E-state index >= 15 is 0 Å². The van der Waals surface area contributed by atoms with E-state index in [1.54, 1.807) is 35.2 Å². The van der Waals surface area contributed by atoms with Crippen molar-refractivity contribution in [2.24, 2.45) is 0 Å². The molecule has 0 unspecified atom stereocenters. The number of likely N-dealkylation sites (tertiary alicyclic amines) is 1. The monoisotopic (exact) mass is 499 g/mol. The zero-order valence-electron chi connectivity index (χ0n) is 19.6. The van der Waals surface area contributed by atoms with Gasteiger partial charge in [0.15, 0.2) is 5.82 Å². The second kappa shape index (κ2) is 9.58. The molecule has 0 spiro atoms. The molecular formula is C24H27F2N7O3. The molecule has 1 N–H and O–H groups in total. The van der Waals surface area contributed by atoms with E-state index in [1.807, 2.05) is 4.90 Å². The summed E-state index contributed by atoms with van der Waals surface area (Å²) in [6, 6.07) is 8.65. The number of alkyl halides is 2. The summed E-state index contributed by atoms with van der Waals surface area (Å²) in [5, 5.41) is 3.37. The summed E-state index contributed by atoms with van der Waals surface area (Å²) >= 11 is 0. The Balaban J connectivity index is 1.31. The van der Waals surface area contributed by atoms with E-state index in [0.29, 0.717) is 74.6 Å². The van der Waals surface area contributed by atoms with E-state index in [1.165, 1.54) is 4.57 Å². The summed E-state index contributed by atoms with van der Waals surface area (Å²) in [5.74, 6) is 0.904. The molecular weight excluding hydrogens is 472 g/mol. The molecule has 2 aromatic heterocycles. The van der Waals surface area contributed by atoms with Crippen molar-refractivity contribution in [2.75, 3.05) is 56.2 Å². The highest BCUT2D eigenvalue weighted by molar-refractivity contribution is 5.82. The Morgan fingerprint density at radius 1 is 1.08 bits per heavy atom. The molecule has 5 heterocycles. The van der Waals surface area contributed by atoms with Crippen LogP contribution in [0.5, 0.6) is 0 Å². The van der Waals surface area contributed by atoms with Gasteiger partial charge < -0.3 is 24.6 Å². The molecule has 1 atom stereocenters. The Bertz CT molecular complexity index is 1250. The van der Waals surface area contributed by atoms with Gasteiger partial charge in [0, 0.05) is 38.9 Å². The molecule has 3 aliphatic heterocycles. The number of hydrogen-bond acceptors (Lipinski definition) is 8. The molecule has 0 aliphatic carbocycles. The number of benzene rings is 1. The molecule has 3 aliphatic rings. The SMILES string of the molecule is O=C([C@@H]1CCCO1)N1CC(Nc2cc(-n3c(C(F)F)nc4ccccc43)nc(N3CCOCC3)n2)C1. The number of aromatic nitrogens is 4. The molecule has 36 heavy (non-hydrogen) atoms. The van der Waals surface area contributed by atoms with E-state index in [-0.39, 0.29) is 23.9 Å². The van der Waals surface area contributed by atoms with Crippen LogP contribution in [0.4, 0.5) is 20.5 Å². The van der Waals surface area contributed by atoms with Gasteiger partial charge in [-0.15, -0.1) is 0 Å². The number of anilines is 2. The summed E-state index contributed by atoms with van der Waals surface area (Å²) in [4.78, 5) is 29.8. The van der Waals surface area contributed by atoms with Gasteiger partial charge in [0.2, 0.25) is 5.95 Å². The zero-order chi connectivity index (χ0) is 24.6. The van der Waals surface area contributed by atoms with Crippen LogP contribution >= 0.6 is 0 Å². The van der Waals surface area contributed by atoms with Gasteiger partial charge in [0.1, 0.15) is 17.7 Å². The maximum atomic E-state index is 14.0. The van der Waals surface area contributed by atoms with Gasteiger partial charge in [-0.3, -0.25) is 9.36 Å². The number of nitrogens with one attached hydrogen (secondary N) is 1. The summed E-state index contributed by atoms with van der Waals surface area (Å²) in [6.45, 7) is 3.96. The average Bonchev–Trinajstić information content (AvgIpc) is 3.54. The fourth-order valence-electron chi connectivity index (χ4n) is 4.88. The highest BCUT2D eigenvalue weighted by Gasteiger charge is 2.36. The fraction of sp³-hybridized carbons (Fsp3) is 0.500. The third-order valence-corrected chi connectivity index (χ3v) is 6.76. The van der Waals surface area contributed by atoms with E-state index in [2.05, 4.69) is 20.3 Å². The van der Waals surface area contributed by atoms with Gasteiger partial charge in [-0.05, 0) is 25.0 Å². The maximum Gasteiger partial charge on any atom is 0.296 e. The van der Waals surface area contributed by atoms with Crippen molar-refractivity contribution in [3.05, 3.63) is 36.2 Å². The molecule has 3 saturated heterocycles. The summed E-state index contributed by atoms with van der Waals surface area (Å²) in [7, 11) is 0. The lowest BCUT2D eigenvalue weighted by Crippen LogP contribution is -2.59. The smallest absolute Gasteiger partial charge is 0.296 e. The van der Waals surface area contributed by atoms with Crippen LogP contribution in [0.3, 0.4) is 0 Å². The van der Waals surface area contributed by atoms with Crippen molar-refractivity contribution in [3.63, 3.8) is 0 Å². The predicted molar refractivity (Wildman–Crippen MR) is 128 cm³/mol. The number of nitrogens with zero attached hydrogens (tertiary/aromatic N) is 6. The minimum Gasteiger partial charge on any atom is -0.378 e. The third-order valence-electron chi connectivity index (χ3n) is 6.76. The minimum atomic E-state index is -2.78. The number of hydrogen-bond donors (Lipinski definition) is 1. The second-order valence-corrected chi connectivity index (χ2v) is 9.19. The second-order valence-electron chi connectivity index (χ2n) is 9.19. The van der Waals surface area contributed by atoms with E-state index in [9.17, 15) is 13.6 Å². The minimum absolute atomic E-state index is 0.00950. The summed E-state index contributed by atoms with van der Waals surface area (Å²) < 4.78 is 40.4. The number of morpholine rings is 1. The van der Waals surface area contributed by atoms with Crippen LogP contribution in [0, 0.1) is 0 Å². The molecule has 0 bridgehead atoms. The van der Waals surface area contributed by atoms with Gasteiger partial charge in [-0.1, -0.05) is 12.1 Å². The normalized spacial score (nSPS) is 20.8. The molecule has 10 nitrogen and oxygen atoms in total. The quantitative estimate of drug-likeness (QED) is 0.552. The Hall–Kier alpha value is -3.38. The molecule has 0 saturated carbocycles. The largest absolute Gasteiger partial charge is 0.378 e. The van der Waals surface area contributed by atoms with Crippen molar-refractivity contribution in [1.29, 1.82) is 0 Å². The molecule has 3 aromatic rings. The average molecular weight is 500 g/mol. The number of amides is 1. The molecule has 3 fully saturated rings. The van der Waals surface area contributed by atoms with Crippen molar-refractivity contribution in [3.8, 4) is 5.82 Å². The molecule has 0 radical (unpaired) electrons. The highest BCUT2D eigenvalue weighted by atomic mass is 19.3. The number of carbonyl (C=O) groups is 1. The van der Waals surface area contributed by atoms with E-state index in [0.717, 1.165) is 12.8 Å². The first-order chi connectivity index (χ1) is 17.6. The van der Waals surface area contributed by atoms with Gasteiger partial charge in [0.25, 0.3) is 12.3 Å². The zero-order valence-corrected chi connectivity index (χ0v) is 19.6. The van der Waals surface area contributed by atoms with Crippen LogP contribution < -0.4 is 10.2 Å². The van der Waals surface area contributed by atoms with Gasteiger partial charge in [0.05, 0.1) is 30.3 Å². The molecule has 1 aromatic carbocycles. The maximum absolute atomic E-state index is 14.0. The van der Waals surface area contributed by atoms with E-state index in [4.69, 9.17) is 9.47 Å². The van der Waals surface area contributed by atoms with Gasteiger partial charge >= 0.3 is 0 Å². The topological polar surface area (TPSA) is 97.6 Å². The number of para-hydroxylation sites is 2. The van der Waals surface area contributed by atoms with Gasteiger partial charge in [-0.2, -0.15) is 9.97 Å². The highest BCUT2D eigenvalue weighted by Crippen LogP contribution is 2.29. The lowest BCUT2D eigenvalue weighted by molar-refractivity contribution is -0.145. The van der Waals surface area contributed by atoms with Crippen molar-refractivity contribution < 1.29 is 23.0 Å². The Morgan fingerprint density at radius 3 is 2.64 bits per heavy atom. The lowest BCUT2D eigenvalue weighted by atomic mass is 10.1. The summed E-state index contributed by atoms with van der Waals surface area (Å²) in [6.07, 6.45) is -1.45. The van der Waals surface area contributed by atoms with Crippen LogP contribution in [-0.4, -0.2) is 88.5 Å². The number of imidazole rings is 1. The number of carbonyl (C=O) groups excluding carboxylic acids is 1. The van der Waals surface area contributed by atoms with Crippen molar-refractivity contribution in [2.45, 2.75) is 31.4 Å². The number of fused-ring (bicyclic) bond motifs is 1. The summed E-state index contributed by atoms with van der Waals surface area (Å²) in [5.41, 5.74) is 1.01. The fourth-order valence-corrected chi connectivity index (χ4v) is 4.88. The third kappa shape index (κ3) is 4.35. The van der Waals surface area contributed by atoms with Gasteiger partial charge in [-0.25, -0.2) is 13.8 Å². The predicted octanol–water partition coefficient (Wildman–Crippen LogP) is 2.39. The van der Waals surface area contributed by atoms with Crippen molar-refractivity contribution >= 4 is 28.7 Å². The number of halogens is 2.